The van der Waals surface area contributed by atoms with Crippen molar-refractivity contribution in [3.8, 4) is 5.75 Å². The lowest BCUT2D eigenvalue weighted by Gasteiger charge is -2.39. The SMILES string of the molecule is COc1ccc(C(F)(F)C=C(CF)N2CSC3OCC(O)C(O)C32)cc1. The quantitative estimate of drug-likeness (QED) is 0.802. The molecule has 2 aliphatic rings. The highest BCUT2D eigenvalue weighted by atomic mass is 32.2. The Morgan fingerprint density at radius 2 is 2.08 bits per heavy atom. The fraction of sp³-hybridized carbons (Fsp3) is 0.529. The van der Waals surface area contributed by atoms with Crippen molar-refractivity contribution in [2.24, 2.45) is 0 Å². The molecular formula is C17H20F3NO4S. The molecule has 0 aromatic heterocycles. The van der Waals surface area contributed by atoms with Crippen LogP contribution in [0.15, 0.2) is 36.0 Å². The Morgan fingerprint density at radius 1 is 1.38 bits per heavy atom. The van der Waals surface area contributed by atoms with Gasteiger partial charge in [-0.25, -0.2) is 4.39 Å². The minimum absolute atomic E-state index is 0.0418. The predicted octanol–water partition coefficient (Wildman–Crippen LogP) is 2.09. The summed E-state index contributed by atoms with van der Waals surface area (Å²) in [5.41, 5.74) is -1.05. The number of aliphatic hydroxyl groups excluding tert-OH is 2. The number of fused-ring (bicyclic) bond motifs is 1. The number of nitrogens with zero attached hydrogens (tertiary/aromatic N) is 1. The lowest BCUT2D eigenvalue weighted by molar-refractivity contribution is -0.130. The van der Waals surface area contributed by atoms with E-state index >= 15 is 0 Å². The Bertz CT molecular complexity index is 658. The van der Waals surface area contributed by atoms with E-state index in [0.29, 0.717) is 11.8 Å². The molecule has 1 aromatic rings. The number of benzene rings is 1. The van der Waals surface area contributed by atoms with Crippen molar-refractivity contribution in [1.29, 1.82) is 0 Å². The van der Waals surface area contributed by atoms with Gasteiger partial charge in [-0.3, -0.25) is 0 Å². The van der Waals surface area contributed by atoms with Gasteiger partial charge in [0, 0.05) is 17.3 Å². The molecule has 26 heavy (non-hydrogen) atoms. The summed E-state index contributed by atoms with van der Waals surface area (Å²) < 4.78 is 53.2. The van der Waals surface area contributed by atoms with Gasteiger partial charge in [0.25, 0.3) is 5.92 Å². The van der Waals surface area contributed by atoms with Gasteiger partial charge in [-0.1, -0.05) is 0 Å². The third-order valence-electron chi connectivity index (χ3n) is 4.52. The Morgan fingerprint density at radius 3 is 2.69 bits per heavy atom. The van der Waals surface area contributed by atoms with E-state index in [1.807, 2.05) is 0 Å². The molecule has 5 nitrogen and oxygen atoms in total. The zero-order valence-corrected chi connectivity index (χ0v) is 14.8. The van der Waals surface area contributed by atoms with E-state index in [-0.39, 0.29) is 23.7 Å². The molecule has 2 heterocycles. The van der Waals surface area contributed by atoms with Gasteiger partial charge in [-0.2, -0.15) is 8.78 Å². The fourth-order valence-electron chi connectivity index (χ4n) is 3.08. The summed E-state index contributed by atoms with van der Waals surface area (Å²) in [6, 6.07) is 4.47. The minimum Gasteiger partial charge on any atom is -0.497 e. The van der Waals surface area contributed by atoms with Gasteiger partial charge in [0.1, 0.15) is 30.1 Å². The predicted molar refractivity (Wildman–Crippen MR) is 90.8 cm³/mol. The summed E-state index contributed by atoms with van der Waals surface area (Å²) in [5.74, 6) is -2.78. The van der Waals surface area contributed by atoms with Crippen molar-refractivity contribution in [1.82, 2.24) is 4.90 Å². The number of thioether (sulfide) groups is 1. The summed E-state index contributed by atoms with van der Waals surface area (Å²) in [6.07, 6.45) is -1.78. The fourth-order valence-corrected chi connectivity index (χ4v) is 4.40. The number of alkyl halides is 3. The highest BCUT2D eigenvalue weighted by molar-refractivity contribution is 8.00. The topological polar surface area (TPSA) is 62.2 Å². The van der Waals surface area contributed by atoms with Crippen molar-refractivity contribution in [3.63, 3.8) is 0 Å². The first-order chi connectivity index (χ1) is 12.4. The van der Waals surface area contributed by atoms with Gasteiger partial charge >= 0.3 is 0 Å². The maximum Gasteiger partial charge on any atom is 0.293 e. The van der Waals surface area contributed by atoms with Crippen molar-refractivity contribution < 1.29 is 32.9 Å². The van der Waals surface area contributed by atoms with E-state index in [1.54, 1.807) is 0 Å². The second-order valence-electron chi connectivity index (χ2n) is 6.14. The van der Waals surface area contributed by atoms with Crippen molar-refractivity contribution in [2.75, 3.05) is 26.3 Å². The van der Waals surface area contributed by atoms with Crippen molar-refractivity contribution >= 4 is 11.8 Å². The summed E-state index contributed by atoms with van der Waals surface area (Å²) in [6.45, 7) is -1.17. The van der Waals surface area contributed by atoms with E-state index in [9.17, 15) is 23.4 Å². The average molecular weight is 391 g/mol. The van der Waals surface area contributed by atoms with Gasteiger partial charge < -0.3 is 24.6 Å². The molecule has 0 aliphatic carbocycles. The number of methoxy groups -OCH3 is 1. The molecule has 144 valence electrons. The van der Waals surface area contributed by atoms with E-state index in [2.05, 4.69) is 0 Å². The lowest BCUT2D eigenvalue weighted by Crippen LogP contribution is -2.55. The lowest BCUT2D eigenvalue weighted by atomic mass is 10.0. The molecule has 4 atom stereocenters. The molecule has 3 rings (SSSR count). The van der Waals surface area contributed by atoms with Crippen LogP contribution >= 0.6 is 11.8 Å². The molecule has 0 spiro atoms. The molecule has 0 bridgehead atoms. The third kappa shape index (κ3) is 3.66. The maximum absolute atomic E-state index is 14.6. The van der Waals surface area contributed by atoms with E-state index in [4.69, 9.17) is 9.47 Å². The van der Waals surface area contributed by atoms with Gasteiger partial charge in [0.15, 0.2) is 0 Å². The van der Waals surface area contributed by atoms with Crippen LogP contribution in [0.5, 0.6) is 5.75 Å². The monoisotopic (exact) mass is 391 g/mol. The van der Waals surface area contributed by atoms with Crippen LogP contribution in [-0.2, 0) is 10.7 Å². The number of halogens is 3. The first-order valence-corrected chi connectivity index (χ1v) is 9.08. The molecule has 2 saturated heterocycles. The second kappa shape index (κ2) is 7.67. The molecule has 2 aliphatic heterocycles. The normalized spacial score (nSPS) is 29.6. The van der Waals surface area contributed by atoms with Crippen LogP contribution in [0.1, 0.15) is 5.56 Å². The van der Waals surface area contributed by atoms with Gasteiger partial charge in [-0.15, -0.1) is 11.8 Å². The van der Waals surface area contributed by atoms with Crippen molar-refractivity contribution in [2.45, 2.75) is 29.6 Å². The molecular weight excluding hydrogens is 371 g/mol. The number of hydrogen-bond donors (Lipinski definition) is 2. The Balaban J connectivity index is 1.86. The molecule has 0 saturated carbocycles. The van der Waals surface area contributed by atoms with Crippen LogP contribution in [-0.4, -0.2) is 65.1 Å². The number of ether oxygens (including phenoxy) is 2. The number of aliphatic hydroxyl groups is 2. The summed E-state index contributed by atoms with van der Waals surface area (Å²) in [5, 5.41) is 20.0. The van der Waals surface area contributed by atoms with E-state index < -0.39 is 36.3 Å². The Labute approximate surface area is 153 Å². The molecule has 2 fully saturated rings. The van der Waals surface area contributed by atoms with Gasteiger partial charge in [0.05, 0.1) is 25.6 Å². The highest BCUT2D eigenvalue weighted by Gasteiger charge is 2.48. The Hall–Kier alpha value is -1.42. The van der Waals surface area contributed by atoms with Crippen LogP contribution in [0, 0.1) is 0 Å². The third-order valence-corrected chi connectivity index (χ3v) is 5.69. The number of hydrogen-bond acceptors (Lipinski definition) is 6. The van der Waals surface area contributed by atoms with Crippen LogP contribution in [0.25, 0.3) is 0 Å². The standard InChI is InChI=1S/C17H20F3NO4S/c1-24-12-4-2-10(3-5-12)17(19,20)6-11(7-18)21-9-26-16-14(21)15(23)13(22)8-25-16/h2-6,13-16,22-23H,7-9H2,1H3. The molecule has 2 N–H and O–H groups in total. The zero-order valence-electron chi connectivity index (χ0n) is 14.0. The number of allylic oxidation sites excluding steroid dienone is 2. The summed E-state index contributed by atoms with van der Waals surface area (Å²) in [7, 11) is 1.43. The van der Waals surface area contributed by atoms with Crippen LogP contribution < -0.4 is 4.74 Å². The highest BCUT2D eigenvalue weighted by Crippen LogP contribution is 2.40. The second-order valence-corrected chi connectivity index (χ2v) is 7.19. The molecule has 9 heteroatoms. The molecule has 4 unspecified atom stereocenters. The Kier molecular flexibility index (Phi) is 5.71. The number of rotatable bonds is 5. The van der Waals surface area contributed by atoms with Crippen LogP contribution in [0.4, 0.5) is 13.2 Å². The van der Waals surface area contributed by atoms with Crippen LogP contribution in [0.2, 0.25) is 0 Å². The first kappa shape index (κ1) is 19.3. The molecule has 0 radical (unpaired) electrons. The van der Waals surface area contributed by atoms with Crippen LogP contribution in [0.3, 0.4) is 0 Å². The van der Waals surface area contributed by atoms with E-state index in [1.165, 1.54) is 48.0 Å². The van der Waals surface area contributed by atoms with Gasteiger partial charge in [0.2, 0.25) is 0 Å². The maximum atomic E-state index is 14.6. The average Bonchev–Trinajstić information content (AvgIpc) is 3.07. The van der Waals surface area contributed by atoms with E-state index in [0.717, 1.165) is 0 Å². The summed E-state index contributed by atoms with van der Waals surface area (Å²) in [4.78, 5) is 1.35. The smallest absolute Gasteiger partial charge is 0.293 e. The molecule has 1 aromatic carbocycles. The first-order valence-electron chi connectivity index (χ1n) is 8.03. The van der Waals surface area contributed by atoms with Gasteiger partial charge in [-0.05, 0) is 24.3 Å². The van der Waals surface area contributed by atoms with Crippen molar-refractivity contribution in [3.05, 3.63) is 41.6 Å². The molecule has 0 amide bonds. The zero-order chi connectivity index (χ0) is 18.9. The summed E-state index contributed by atoms with van der Waals surface area (Å²) >= 11 is 1.27. The largest absolute Gasteiger partial charge is 0.497 e. The minimum atomic E-state index is -3.41.